The number of hydrogen-bond donors (Lipinski definition) is 1. The Kier molecular flexibility index (Phi) is 5.28. The molecule has 1 fully saturated rings. The number of carbonyl (C=O) groups excluding carboxylic acids is 2. The number of aliphatic imine (C=N–C) groups is 1. The molecule has 7 heteroatoms. The Labute approximate surface area is 130 Å². The van der Waals surface area contributed by atoms with Crippen molar-refractivity contribution in [2.75, 3.05) is 20.1 Å². The van der Waals surface area contributed by atoms with Gasteiger partial charge in [0.05, 0.1) is 12.6 Å². The lowest BCUT2D eigenvalue weighted by molar-refractivity contribution is -0.531. The van der Waals surface area contributed by atoms with Crippen molar-refractivity contribution < 1.29 is 19.3 Å². The number of nitrogens with zero attached hydrogens (tertiary/aromatic N) is 4. The summed E-state index contributed by atoms with van der Waals surface area (Å²) in [5.74, 6) is 0.325. The van der Waals surface area contributed by atoms with E-state index >= 15 is 0 Å². The SMILES string of the molecule is CCCN1C(=O)C2C(=NC=[N+]2CCCCC(C)O)N(C)C1=O. The predicted molar refractivity (Wildman–Crippen MR) is 83.1 cm³/mol. The third-order valence-electron chi connectivity index (χ3n) is 4.01. The molecular weight excluding hydrogens is 284 g/mol. The highest BCUT2D eigenvalue weighted by molar-refractivity contribution is 6.21. The van der Waals surface area contributed by atoms with Gasteiger partial charge < -0.3 is 5.11 Å². The van der Waals surface area contributed by atoms with E-state index in [0.717, 1.165) is 25.7 Å². The second kappa shape index (κ2) is 7.00. The Morgan fingerprint density at radius 3 is 2.77 bits per heavy atom. The summed E-state index contributed by atoms with van der Waals surface area (Å²) in [6.45, 7) is 4.84. The van der Waals surface area contributed by atoms with E-state index in [1.54, 1.807) is 20.3 Å². The number of amides is 3. The molecule has 2 rings (SSSR count). The number of urea groups is 1. The van der Waals surface area contributed by atoms with Gasteiger partial charge in [0.25, 0.3) is 24.1 Å². The van der Waals surface area contributed by atoms with E-state index in [-0.39, 0.29) is 18.0 Å². The molecule has 0 aromatic rings. The Morgan fingerprint density at radius 1 is 1.41 bits per heavy atom. The van der Waals surface area contributed by atoms with Gasteiger partial charge in [0.1, 0.15) is 0 Å². The number of imide groups is 1. The average Bonchev–Trinajstić information content (AvgIpc) is 2.90. The summed E-state index contributed by atoms with van der Waals surface area (Å²) >= 11 is 0. The molecule has 0 aromatic heterocycles. The molecule has 1 N–H and O–H groups in total. The molecule has 122 valence electrons. The normalized spacial score (nSPS) is 22.6. The molecule has 22 heavy (non-hydrogen) atoms. The van der Waals surface area contributed by atoms with Crippen molar-refractivity contribution in [1.29, 1.82) is 0 Å². The zero-order valence-corrected chi connectivity index (χ0v) is 13.5. The number of aliphatic hydroxyl groups excluding tert-OH is 1. The van der Waals surface area contributed by atoms with Gasteiger partial charge in [0.15, 0.2) is 0 Å². The van der Waals surface area contributed by atoms with Crippen LogP contribution in [0.2, 0.25) is 0 Å². The number of likely N-dealkylation sites (N-methyl/N-ethyl adjacent to an activating group) is 1. The van der Waals surface area contributed by atoms with Crippen molar-refractivity contribution >= 4 is 24.1 Å². The van der Waals surface area contributed by atoms with Crippen molar-refractivity contribution in [3.63, 3.8) is 0 Å². The number of rotatable bonds is 7. The van der Waals surface area contributed by atoms with Crippen LogP contribution in [-0.2, 0) is 4.79 Å². The Bertz CT molecular complexity index is 513. The molecule has 1 saturated heterocycles. The van der Waals surface area contributed by atoms with Crippen LogP contribution in [0.3, 0.4) is 0 Å². The first-order valence-electron chi connectivity index (χ1n) is 7.91. The van der Waals surface area contributed by atoms with Crippen molar-refractivity contribution in [3.05, 3.63) is 0 Å². The second-order valence-corrected chi connectivity index (χ2v) is 5.92. The zero-order chi connectivity index (χ0) is 16.3. The van der Waals surface area contributed by atoms with Crippen molar-refractivity contribution in [1.82, 2.24) is 9.80 Å². The maximum atomic E-state index is 12.6. The van der Waals surface area contributed by atoms with Gasteiger partial charge in [0, 0.05) is 13.6 Å². The van der Waals surface area contributed by atoms with Gasteiger partial charge in [-0.05, 0) is 37.6 Å². The van der Waals surface area contributed by atoms with Crippen LogP contribution in [0.4, 0.5) is 4.79 Å². The molecule has 2 unspecified atom stereocenters. The van der Waals surface area contributed by atoms with E-state index in [1.807, 2.05) is 11.5 Å². The Balaban J connectivity index is 2.03. The molecule has 0 radical (unpaired) electrons. The molecule has 7 nitrogen and oxygen atoms in total. The number of carbonyl (C=O) groups is 2. The molecule has 2 aliphatic rings. The van der Waals surface area contributed by atoms with Crippen LogP contribution in [0.1, 0.15) is 39.5 Å². The van der Waals surface area contributed by atoms with Crippen LogP contribution in [0, 0.1) is 0 Å². The first-order valence-corrected chi connectivity index (χ1v) is 7.91. The first-order chi connectivity index (χ1) is 10.5. The minimum Gasteiger partial charge on any atom is -0.393 e. The molecule has 2 atom stereocenters. The van der Waals surface area contributed by atoms with Gasteiger partial charge in [-0.25, -0.2) is 9.37 Å². The van der Waals surface area contributed by atoms with Crippen molar-refractivity contribution in [2.24, 2.45) is 4.99 Å². The molecule has 3 amide bonds. The van der Waals surface area contributed by atoms with Crippen LogP contribution in [0.25, 0.3) is 0 Å². The summed E-state index contributed by atoms with van der Waals surface area (Å²) in [6, 6.07) is -0.785. The molecule has 0 aromatic carbocycles. The fraction of sp³-hybridized carbons (Fsp3) is 0.733. The minimum absolute atomic E-state index is 0.187. The average molecular weight is 309 g/mol. The maximum absolute atomic E-state index is 12.6. The summed E-state index contributed by atoms with van der Waals surface area (Å²) in [7, 11) is 1.66. The minimum atomic E-state index is -0.485. The van der Waals surface area contributed by atoms with E-state index in [9.17, 15) is 14.7 Å². The fourth-order valence-electron chi connectivity index (χ4n) is 2.81. The van der Waals surface area contributed by atoms with Crippen molar-refractivity contribution in [3.8, 4) is 0 Å². The highest BCUT2D eigenvalue weighted by atomic mass is 16.3. The zero-order valence-electron chi connectivity index (χ0n) is 13.5. The largest absolute Gasteiger partial charge is 0.393 e. The highest BCUT2D eigenvalue weighted by Gasteiger charge is 2.51. The van der Waals surface area contributed by atoms with E-state index in [4.69, 9.17) is 0 Å². The van der Waals surface area contributed by atoms with Crippen molar-refractivity contribution in [2.45, 2.75) is 51.7 Å². The van der Waals surface area contributed by atoms with E-state index in [1.165, 1.54) is 9.80 Å². The summed E-state index contributed by atoms with van der Waals surface area (Å²) in [4.78, 5) is 31.8. The molecule has 0 spiro atoms. The lowest BCUT2D eigenvalue weighted by Gasteiger charge is -2.33. The van der Waals surface area contributed by atoms with Crippen LogP contribution in [-0.4, -0.2) is 75.9 Å². The fourth-order valence-corrected chi connectivity index (χ4v) is 2.81. The highest BCUT2D eigenvalue weighted by Crippen LogP contribution is 2.18. The van der Waals surface area contributed by atoms with Gasteiger partial charge in [-0.15, -0.1) is 0 Å². The molecular formula is C15H25N4O3+. The number of unbranched alkanes of at least 4 members (excludes halogenated alkanes) is 1. The number of hydrogen-bond acceptors (Lipinski definition) is 4. The summed E-state index contributed by atoms with van der Waals surface area (Å²) in [5, 5.41) is 9.28. The third kappa shape index (κ3) is 3.19. The molecule has 0 bridgehead atoms. The lowest BCUT2D eigenvalue weighted by atomic mass is 10.1. The van der Waals surface area contributed by atoms with Crippen LogP contribution in [0.15, 0.2) is 4.99 Å². The topological polar surface area (TPSA) is 76.2 Å². The van der Waals surface area contributed by atoms with Crippen LogP contribution in [0.5, 0.6) is 0 Å². The van der Waals surface area contributed by atoms with E-state index in [0.29, 0.717) is 18.9 Å². The van der Waals surface area contributed by atoms with Gasteiger partial charge >= 0.3 is 6.03 Å². The van der Waals surface area contributed by atoms with E-state index in [2.05, 4.69) is 4.99 Å². The summed E-state index contributed by atoms with van der Waals surface area (Å²) in [6.07, 6.45) is 4.61. The van der Waals surface area contributed by atoms with Gasteiger partial charge in [-0.2, -0.15) is 0 Å². The van der Waals surface area contributed by atoms with Gasteiger partial charge in [-0.1, -0.05) is 6.92 Å². The quantitative estimate of drug-likeness (QED) is 0.554. The number of fused-ring (bicyclic) bond motifs is 1. The van der Waals surface area contributed by atoms with Gasteiger partial charge in [-0.3, -0.25) is 14.6 Å². The maximum Gasteiger partial charge on any atom is 0.333 e. The second-order valence-electron chi connectivity index (χ2n) is 5.92. The van der Waals surface area contributed by atoms with Crippen LogP contribution >= 0.6 is 0 Å². The monoisotopic (exact) mass is 309 g/mol. The third-order valence-corrected chi connectivity index (χ3v) is 4.01. The standard InChI is InChI=1S/C15H25N4O3/c1-4-8-19-14(21)12-13(17(3)15(19)22)16-10-18(12)9-6-5-7-11(2)20/h10-12,20H,4-9H2,1-3H3/q+1. The van der Waals surface area contributed by atoms with E-state index < -0.39 is 6.04 Å². The van der Waals surface area contributed by atoms with Crippen LogP contribution < -0.4 is 0 Å². The predicted octanol–water partition coefficient (Wildman–Crippen LogP) is 0.663. The Morgan fingerprint density at radius 2 is 2.14 bits per heavy atom. The Hall–Kier alpha value is -1.76. The number of amidine groups is 1. The summed E-state index contributed by atoms with van der Waals surface area (Å²) in [5.41, 5.74) is 0. The molecule has 2 heterocycles. The van der Waals surface area contributed by atoms with Gasteiger partial charge in [0.2, 0.25) is 0 Å². The number of aliphatic hydroxyl groups is 1. The molecule has 0 saturated carbocycles. The lowest BCUT2D eigenvalue weighted by Crippen LogP contribution is -2.62. The first kappa shape index (κ1) is 16.6. The summed E-state index contributed by atoms with van der Waals surface area (Å²) < 4.78 is 1.89. The molecule has 2 aliphatic heterocycles. The molecule has 0 aliphatic carbocycles. The smallest absolute Gasteiger partial charge is 0.333 e.